The lowest BCUT2D eigenvalue weighted by molar-refractivity contribution is -0.110. The molecule has 78 heavy (non-hydrogen) atoms. The summed E-state index contributed by atoms with van der Waals surface area (Å²) in [4.78, 5) is 0. The van der Waals surface area contributed by atoms with E-state index in [1.165, 1.54) is 138 Å². The van der Waals surface area contributed by atoms with Crippen LogP contribution in [0.1, 0.15) is 232 Å². The Labute approximate surface area is 467 Å². The molecule has 0 amide bonds. The second-order valence-electron chi connectivity index (χ2n) is 35.1. The Balaban J connectivity index is 0.906. The van der Waals surface area contributed by atoms with Crippen LogP contribution in [0.25, 0.3) is 11.1 Å². The van der Waals surface area contributed by atoms with Crippen molar-refractivity contribution in [3.63, 3.8) is 0 Å². The van der Waals surface area contributed by atoms with Crippen LogP contribution < -0.4 is 20.9 Å². The van der Waals surface area contributed by atoms with Crippen LogP contribution in [0.2, 0.25) is 0 Å². The predicted octanol–water partition coefficient (Wildman–Crippen LogP) is 18.5. The highest BCUT2D eigenvalue weighted by molar-refractivity contribution is 5.79. The summed E-state index contributed by atoms with van der Waals surface area (Å²) in [5.41, 5.74) is 24.3. The zero-order valence-corrected chi connectivity index (χ0v) is 48.9. The number of nitrogens with two attached hydrogens (primary N) is 2. The van der Waals surface area contributed by atoms with E-state index >= 15 is 0 Å². The number of rotatable bonds is 9. The summed E-state index contributed by atoms with van der Waals surface area (Å²) in [5.74, 6) is 6.11. The van der Waals surface area contributed by atoms with Gasteiger partial charge in [0.1, 0.15) is 34.5 Å². The van der Waals surface area contributed by atoms with Crippen LogP contribution in [0.4, 0.5) is 11.4 Å². The normalized spacial score (nSPS) is 47.3. The number of nitrogen functional groups attached to an aromatic ring is 2. The van der Waals surface area contributed by atoms with E-state index in [1.54, 1.807) is 0 Å². The maximum absolute atomic E-state index is 11.7. The standard InChI is InChI=1S/C72H92N2O4/c1-61-19-43-20-62(2,31-61)36-69(27-43,35-61)47-9-11-57(77-59-17-55(75)53(73)15-51(59)71-29-45-23-65(5,39-71)33-66(6,24-45)40-71)49(13-47)50-14-48(70-28-44-21-63(3,37-70)32-64(4,22-44)38-70)10-12-58(50)78-60-18-56(76)54(74)16-52(60)72-30-46-25-67(7,41-72)34-68(8,26-46)42-72/h9-18,43-46,75-76H,19-42,73-74H2,1-8H3. The highest BCUT2D eigenvalue weighted by atomic mass is 16.5. The largest absolute Gasteiger partial charge is 0.506 e. The van der Waals surface area contributed by atoms with Gasteiger partial charge in [-0.15, -0.1) is 0 Å². The van der Waals surface area contributed by atoms with E-state index < -0.39 is 0 Å². The van der Waals surface area contributed by atoms with Gasteiger partial charge in [0.05, 0.1) is 11.4 Å². The SMILES string of the molecule is CC12CC3CC(C)(C1)CC(c1ccc(Oc4cc(O)c(N)cc4C45CC6CC(C)(CC(C)(C6)C4)C5)c(-c4cc(C56CC7CC(C)(CC(C)(C7)C5)C6)ccc4Oc4cc(O)c(N)cc4C45CC6CC(C)(CC(C)(C6)C4)C5)c1)(C3)C2. The molecule has 4 aromatic carbocycles. The first-order valence-electron chi connectivity index (χ1n) is 31.5. The topological polar surface area (TPSA) is 111 Å². The molecule has 16 saturated carbocycles. The molecule has 16 aliphatic rings. The van der Waals surface area contributed by atoms with E-state index in [4.69, 9.17) is 20.9 Å². The zero-order valence-electron chi connectivity index (χ0n) is 48.9. The van der Waals surface area contributed by atoms with Crippen LogP contribution in [0.3, 0.4) is 0 Å². The highest BCUT2D eigenvalue weighted by Gasteiger charge is 2.65. The highest BCUT2D eigenvalue weighted by Crippen LogP contribution is 2.75. The lowest BCUT2D eigenvalue weighted by atomic mass is 9.39. The van der Waals surface area contributed by atoms with Crippen LogP contribution in [0.5, 0.6) is 34.5 Å². The molecule has 0 spiro atoms. The van der Waals surface area contributed by atoms with Crippen molar-refractivity contribution in [1.82, 2.24) is 0 Å². The van der Waals surface area contributed by atoms with Crippen molar-refractivity contribution in [3.05, 3.63) is 82.9 Å². The van der Waals surface area contributed by atoms with Crippen molar-refractivity contribution >= 4 is 11.4 Å². The minimum Gasteiger partial charge on any atom is -0.506 e. The summed E-state index contributed by atoms with van der Waals surface area (Å²) in [7, 11) is 0. The average Bonchev–Trinajstić information content (AvgIpc) is 3.02. The van der Waals surface area contributed by atoms with Crippen molar-refractivity contribution in [1.29, 1.82) is 0 Å². The van der Waals surface area contributed by atoms with Gasteiger partial charge in [0, 0.05) is 45.2 Å². The average molecular weight is 1050 g/mol. The van der Waals surface area contributed by atoms with Crippen LogP contribution in [-0.4, -0.2) is 10.2 Å². The Morgan fingerprint density at radius 2 is 0.603 bits per heavy atom. The Morgan fingerprint density at radius 1 is 0.333 bits per heavy atom. The van der Waals surface area contributed by atoms with Gasteiger partial charge in [0.25, 0.3) is 0 Å². The minimum absolute atomic E-state index is 0.0767. The quantitative estimate of drug-likeness (QED) is 0.0982. The molecule has 16 aliphatic carbocycles. The first kappa shape index (κ1) is 49.5. The fraction of sp³-hybridized carbons (Fsp3) is 0.667. The first-order valence-corrected chi connectivity index (χ1v) is 31.5. The molecular weight excluding hydrogens is 957 g/mol. The van der Waals surface area contributed by atoms with Gasteiger partial charge in [0.2, 0.25) is 0 Å². The molecule has 6 heteroatoms. The molecule has 8 atom stereocenters. The van der Waals surface area contributed by atoms with E-state index in [2.05, 4.69) is 104 Å². The van der Waals surface area contributed by atoms with E-state index in [9.17, 15) is 10.2 Å². The van der Waals surface area contributed by atoms with Gasteiger partial charge in [-0.1, -0.05) is 67.5 Å². The maximum Gasteiger partial charge on any atom is 0.142 e. The molecule has 6 nitrogen and oxygen atoms in total. The van der Waals surface area contributed by atoms with Crippen LogP contribution >= 0.6 is 0 Å². The minimum atomic E-state index is -0.0812. The van der Waals surface area contributed by atoms with E-state index in [-0.39, 0.29) is 54.8 Å². The summed E-state index contributed by atoms with van der Waals surface area (Å²) in [5, 5.41) is 23.5. The molecule has 16 fully saturated rings. The molecule has 16 bridgehead atoms. The number of phenolic OH excluding ortho intramolecular Hbond substituents is 2. The van der Waals surface area contributed by atoms with Crippen LogP contribution in [-0.2, 0) is 21.7 Å². The Morgan fingerprint density at radius 3 is 0.885 bits per heavy atom. The van der Waals surface area contributed by atoms with E-state index in [0.717, 1.165) is 84.5 Å². The van der Waals surface area contributed by atoms with Gasteiger partial charge in [0.15, 0.2) is 0 Å². The van der Waals surface area contributed by atoms with Crippen molar-refractivity contribution < 1.29 is 19.7 Å². The fourth-order valence-corrected chi connectivity index (χ4v) is 27.8. The molecular formula is C72H92N2O4. The first-order chi connectivity index (χ1) is 36.6. The number of ether oxygens (including phenoxy) is 2. The van der Waals surface area contributed by atoms with Crippen molar-refractivity contribution in [3.8, 4) is 45.6 Å². The molecule has 0 aromatic heterocycles. The summed E-state index contributed by atoms with van der Waals surface area (Å²) in [6.45, 7) is 20.6. The lowest BCUT2D eigenvalue weighted by Crippen LogP contribution is -2.57. The smallest absolute Gasteiger partial charge is 0.142 e. The van der Waals surface area contributed by atoms with Crippen molar-refractivity contribution in [2.75, 3.05) is 11.5 Å². The van der Waals surface area contributed by atoms with Crippen molar-refractivity contribution in [2.45, 2.75) is 231 Å². The van der Waals surface area contributed by atoms with Crippen molar-refractivity contribution in [2.24, 2.45) is 67.0 Å². The Kier molecular flexibility index (Phi) is 9.53. The van der Waals surface area contributed by atoms with Gasteiger partial charge in [-0.25, -0.2) is 0 Å². The molecule has 0 heterocycles. The zero-order chi connectivity index (χ0) is 53.8. The monoisotopic (exact) mass is 1050 g/mol. The third kappa shape index (κ3) is 7.29. The summed E-state index contributed by atoms with van der Waals surface area (Å²) in [6, 6.07) is 22.7. The fourth-order valence-electron chi connectivity index (χ4n) is 27.8. The number of anilines is 2. The Bertz CT molecular complexity index is 2990. The molecule has 0 radical (unpaired) electrons. The molecule has 6 N–H and O–H groups in total. The molecule has 4 aromatic rings. The molecule has 0 saturated heterocycles. The number of hydrogen-bond donors (Lipinski definition) is 4. The van der Waals surface area contributed by atoms with Crippen LogP contribution in [0, 0.1) is 67.0 Å². The van der Waals surface area contributed by atoms with Gasteiger partial charge in [-0.3, -0.25) is 0 Å². The predicted molar refractivity (Wildman–Crippen MR) is 313 cm³/mol. The second-order valence-corrected chi connectivity index (χ2v) is 35.1. The molecule has 0 aliphatic heterocycles. The lowest BCUT2D eigenvalue weighted by Gasteiger charge is -2.66. The third-order valence-corrected chi connectivity index (χ3v) is 25.8. The third-order valence-electron chi connectivity index (χ3n) is 25.8. The molecule has 8 unspecified atom stereocenters. The number of aromatic hydroxyl groups is 2. The molecule has 20 rings (SSSR count). The van der Waals surface area contributed by atoms with Gasteiger partial charge >= 0.3 is 0 Å². The second kappa shape index (κ2) is 15.0. The number of phenols is 2. The molecule has 414 valence electrons. The van der Waals surface area contributed by atoms with Gasteiger partial charge < -0.3 is 31.2 Å². The Hall–Kier alpha value is -4.32. The number of benzene rings is 4. The van der Waals surface area contributed by atoms with E-state index in [1.807, 2.05) is 12.1 Å². The van der Waals surface area contributed by atoms with Gasteiger partial charge in [-0.2, -0.15) is 0 Å². The number of hydrogen-bond acceptors (Lipinski definition) is 6. The summed E-state index contributed by atoms with van der Waals surface area (Å²) < 4.78 is 15.5. The van der Waals surface area contributed by atoms with Crippen LogP contribution in [0.15, 0.2) is 60.7 Å². The van der Waals surface area contributed by atoms with Gasteiger partial charge in [-0.05, 0) is 279 Å². The summed E-state index contributed by atoms with van der Waals surface area (Å²) in [6.07, 6.45) is 30.0. The van der Waals surface area contributed by atoms with E-state index in [0.29, 0.717) is 44.9 Å². The maximum atomic E-state index is 11.7. The summed E-state index contributed by atoms with van der Waals surface area (Å²) >= 11 is 0.